The zero-order valence-electron chi connectivity index (χ0n) is 24.2. The van der Waals surface area contributed by atoms with E-state index in [-0.39, 0.29) is 25.9 Å². The van der Waals surface area contributed by atoms with Gasteiger partial charge in [-0.05, 0) is 44.7 Å². The van der Waals surface area contributed by atoms with Crippen LogP contribution < -0.4 is 5.19 Å². The van der Waals surface area contributed by atoms with Gasteiger partial charge in [0.1, 0.15) is 5.82 Å². The number of halogens is 1. The summed E-state index contributed by atoms with van der Waals surface area (Å²) < 4.78 is 24.0. The third kappa shape index (κ3) is 6.47. The molecule has 3 aromatic carbocycles. The van der Waals surface area contributed by atoms with Crippen LogP contribution in [-0.2, 0) is 20.1 Å². The van der Waals surface area contributed by atoms with Gasteiger partial charge in [-0.1, -0.05) is 74.8 Å². The molecule has 0 fully saturated rings. The summed E-state index contributed by atoms with van der Waals surface area (Å²) >= 11 is 1.43. The first kappa shape index (κ1) is 28.5. The second kappa shape index (κ2) is 12.7. The Morgan fingerprint density at radius 1 is 0.850 bits per heavy atom. The van der Waals surface area contributed by atoms with E-state index in [4.69, 9.17) is 1.37 Å². The molecule has 2 nitrogen and oxygen atoms in total. The van der Waals surface area contributed by atoms with Gasteiger partial charge in [0.25, 0.3) is 0 Å². The van der Waals surface area contributed by atoms with Crippen LogP contribution >= 0.6 is 11.3 Å². The topological polar surface area (TPSA) is 25.8 Å². The zero-order chi connectivity index (χ0) is 28.5. The van der Waals surface area contributed by atoms with Crippen LogP contribution in [0.2, 0.25) is 19.6 Å². The smallest absolute Gasteiger partial charge is 0.140 e. The van der Waals surface area contributed by atoms with Gasteiger partial charge in [-0.15, -0.1) is 59.7 Å². The van der Waals surface area contributed by atoms with Crippen molar-refractivity contribution < 1.29 is 25.9 Å². The normalized spacial score (nSPS) is 11.9. The molecule has 0 aliphatic carbocycles. The summed E-state index contributed by atoms with van der Waals surface area (Å²) in [5.41, 5.74) is 4.59. The number of pyridine rings is 2. The Morgan fingerprint density at radius 3 is 2.33 bits per heavy atom. The molecule has 0 saturated carbocycles. The molecule has 0 bridgehead atoms. The van der Waals surface area contributed by atoms with E-state index < -0.39 is 14.0 Å². The summed E-state index contributed by atoms with van der Waals surface area (Å²) in [6.45, 7) is 10.7. The van der Waals surface area contributed by atoms with E-state index in [2.05, 4.69) is 53.9 Å². The first-order chi connectivity index (χ1) is 19.0. The predicted octanol–water partition coefficient (Wildman–Crippen LogP) is 9.27. The van der Waals surface area contributed by atoms with Gasteiger partial charge in [-0.3, -0.25) is 0 Å². The van der Waals surface area contributed by atoms with Gasteiger partial charge in [-0.25, -0.2) is 4.39 Å². The van der Waals surface area contributed by atoms with Gasteiger partial charge < -0.3 is 9.97 Å². The molecule has 6 heteroatoms. The van der Waals surface area contributed by atoms with Crippen LogP contribution in [-0.4, -0.2) is 18.0 Å². The fraction of sp³-hybridized carbons (Fsp3) is 0.176. The van der Waals surface area contributed by atoms with Gasteiger partial charge in [0, 0.05) is 33.9 Å². The van der Waals surface area contributed by atoms with Gasteiger partial charge in [-0.2, -0.15) is 11.3 Å². The molecular weight excluding hydrogens is 708 g/mol. The molecule has 0 spiro atoms. The van der Waals surface area contributed by atoms with Crippen molar-refractivity contribution in [2.45, 2.75) is 39.4 Å². The van der Waals surface area contributed by atoms with E-state index >= 15 is 0 Å². The second-order valence-electron chi connectivity index (χ2n) is 10.7. The Bertz CT molecular complexity index is 1780. The van der Waals surface area contributed by atoms with Gasteiger partial charge in [0.2, 0.25) is 0 Å². The van der Waals surface area contributed by atoms with Crippen molar-refractivity contribution >= 4 is 44.8 Å². The van der Waals surface area contributed by atoms with Gasteiger partial charge in [0.05, 0.1) is 12.8 Å². The summed E-state index contributed by atoms with van der Waals surface area (Å²) in [5, 5.41) is 3.33. The SMILES string of the molecule is C[Si](C)(C)c1ccc(-c2[c-]cccc2)nc1.[2H]C(C)(C)c1ccnc(-c2[c-]ccc3c2sc2c(F)cccc23)c1.[Ir]. The standard InChI is InChI=1S/C20H15FNS.C14H16NSi.Ir/c1-12(2)13-9-10-22-18(11-13)16-7-3-5-14-15-6-4-8-17(21)20(15)23-19(14)16;1-16(2,3)13-9-10-14(15-11-13)12-7-5-4-6-8-12;/h3-6,8-12H,1-2H3;4-7,9-11H,1-3H3;/q2*-1;/i12D;;. The molecule has 6 rings (SSSR count). The average molecular weight is 740 g/mol. The maximum Gasteiger partial charge on any atom is 0.140 e. The van der Waals surface area contributed by atoms with E-state index in [0.717, 1.165) is 43.6 Å². The van der Waals surface area contributed by atoms with Crippen LogP contribution in [0, 0.1) is 17.9 Å². The summed E-state index contributed by atoms with van der Waals surface area (Å²) in [6.07, 6.45) is 3.74. The zero-order valence-corrected chi connectivity index (χ0v) is 27.4. The van der Waals surface area contributed by atoms with Gasteiger partial charge in [0.15, 0.2) is 0 Å². The molecule has 0 saturated heterocycles. The van der Waals surface area contributed by atoms with Crippen LogP contribution in [0.25, 0.3) is 42.7 Å². The summed E-state index contributed by atoms with van der Waals surface area (Å²) in [7, 11) is -1.23. The van der Waals surface area contributed by atoms with Gasteiger partial charge >= 0.3 is 0 Å². The van der Waals surface area contributed by atoms with Crippen molar-refractivity contribution in [1.29, 1.82) is 0 Å². The maximum atomic E-state index is 14.1. The minimum atomic E-state index is -1.23. The van der Waals surface area contributed by atoms with Crippen LogP contribution in [0.4, 0.5) is 4.39 Å². The fourth-order valence-corrected chi connectivity index (χ4v) is 6.59. The number of benzene rings is 3. The molecule has 205 valence electrons. The largest absolute Gasteiger partial charge is 0.305 e. The minimum absolute atomic E-state index is 0. The van der Waals surface area contributed by atoms with E-state index in [1.54, 1.807) is 12.3 Å². The average Bonchev–Trinajstić information content (AvgIpc) is 3.34. The molecule has 0 N–H and O–H groups in total. The molecule has 1 radical (unpaired) electrons. The first-order valence-corrected chi connectivity index (χ1v) is 17.3. The first-order valence-electron chi connectivity index (χ1n) is 13.4. The molecule has 3 aromatic heterocycles. The molecule has 3 heterocycles. The van der Waals surface area contributed by atoms with Crippen LogP contribution in [0.3, 0.4) is 0 Å². The number of hydrogen-bond donors (Lipinski definition) is 0. The van der Waals surface area contributed by atoms with E-state index in [1.165, 1.54) is 22.6 Å². The Labute approximate surface area is 256 Å². The molecule has 0 aliphatic rings. The fourth-order valence-electron chi connectivity index (χ4n) is 4.35. The number of fused-ring (bicyclic) bond motifs is 3. The van der Waals surface area contributed by atoms with Crippen molar-refractivity contribution in [1.82, 2.24) is 9.97 Å². The molecule has 0 unspecified atom stereocenters. The van der Waals surface area contributed by atoms with E-state index in [1.807, 2.05) is 74.6 Å². The molecule has 40 heavy (non-hydrogen) atoms. The molecule has 0 atom stereocenters. The monoisotopic (exact) mass is 740 g/mol. The Hall–Kier alpha value is -3.02. The van der Waals surface area contributed by atoms with Crippen molar-refractivity contribution in [2.24, 2.45) is 0 Å². The predicted molar refractivity (Wildman–Crippen MR) is 167 cm³/mol. The summed E-state index contributed by atoms with van der Waals surface area (Å²) in [5.74, 6) is -0.897. The van der Waals surface area contributed by atoms with Crippen LogP contribution in [0.1, 0.15) is 26.7 Å². The van der Waals surface area contributed by atoms with Crippen molar-refractivity contribution in [2.75, 3.05) is 0 Å². The molecule has 0 aliphatic heterocycles. The third-order valence-corrected chi connectivity index (χ3v) is 9.89. The minimum Gasteiger partial charge on any atom is -0.305 e. The van der Waals surface area contributed by atoms with Crippen molar-refractivity contribution in [3.05, 3.63) is 115 Å². The van der Waals surface area contributed by atoms with E-state index in [0.29, 0.717) is 4.70 Å². The van der Waals surface area contributed by atoms with Crippen molar-refractivity contribution in [3.8, 4) is 22.5 Å². The summed E-state index contributed by atoms with van der Waals surface area (Å²) in [6, 6.07) is 31.5. The Morgan fingerprint density at radius 2 is 1.65 bits per heavy atom. The van der Waals surface area contributed by atoms with Crippen LogP contribution in [0.5, 0.6) is 0 Å². The second-order valence-corrected chi connectivity index (χ2v) is 16.8. The summed E-state index contributed by atoms with van der Waals surface area (Å²) in [4.78, 5) is 8.98. The molecular formula is C34H31FIrN2SSi-2. The number of hydrogen-bond acceptors (Lipinski definition) is 3. The Kier molecular flexibility index (Phi) is 9.02. The van der Waals surface area contributed by atoms with Crippen LogP contribution in [0.15, 0.2) is 91.3 Å². The molecule has 0 amide bonds. The van der Waals surface area contributed by atoms with Crippen molar-refractivity contribution in [3.63, 3.8) is 0 Å². The molecule has 6 aromatic rings. The Balaban J connectivity index is 0.000000200. The quantitative estimate of drug-likeness (QED) is 0.133. The number of thiophene rings is 1. The number of rotatable bonds is 4. The third-order valence-electron chi connectivity index (χ3n) is 6.62. The van der Waals surface area contributed by atoms with E-state index in [9.17, 15) is 4.39 Å². The maximum absolute atomic E-state index is 14.1. The number of aromatic nitrogens is 2. The number of nitrogens with zero attached hydrogens (tertiary/aromatic N) is 2.